The van der Waals surface area contributed by atoms with Crippen molar-refractivity contribution in [3.63, 3.8) is 0 Å². The fraction of sp³-hybridized carbons (Fsp3) is 0.474. The SMILES string of the molecule is COCCC(=O)N[C@H]1COC(=O)c2c(C)c(O)cc(O)c2CSC[C@@H](C(=O)O)NC1=O. The van der Waals surface area contributed by atoms with Gasteiger partial charge in [0.05, 0.1) is 12.2 Å². The number of rotatable bonds is 5. The summed E-state index contributed by atoms with van der Waals surface area (Å²) >= 11 is 1.06. The van der Waals surface area contributed by atoms with Gasteiger partial charge in [-0.1, -0.05) is 0 Å². The number of carbonyl (C=O) groups is 4. The lowest BCUT2D eigenvalue weighted by Crippen LogP contribution is -2.54. The Morgan fingerprint density at radius 3 is 2.68 bits per heavy atom. The molecule has 1 aromatic rings. The van der Waals surface area contributed by atoms with Crippen molar-refractivity contribution in [2.24, 2.45) is 0 Å². The molecule has 11 nitrogen and oxygen atoms in total. The largest absolute Gasteiger partial charge is 0.508 e. The van der Waals surface area contributed by atoms with Crippen LogP contribution in [0.4, 0.5) is 0 Å². The Kier molecular flexibility index (Phi) is 8.51. The molecule has 31 heavy (non-hydrogen) atoms. The number of phenols is 2. The van der Waals surface area contributed by atoms with Crippen molar-refractivity contribution in [3.05, 3.63) is 22.8 Å². The quantitative estimate of drug-likeness (QED) is 0.377. The maximum absolute atomic E-state index is 12.7. The number of carboxylic acid groups (broad SMARTS) is 1. The first kappa shape index (κ1) is 24.3. The number of aromatic hydroxyl groups is 2. The maximum atomic E-state index is 12.7. The number of carbonyl (C=O) groups excluding carboxylic acids is 3. The first-order valence-electron chi connectivity index (χ1n) is 9.26. The van der Waals surface area contributed by atoms with Gasteiger partial charge in [-0.05, 0) is 6.92 Å². The second-order valence-corrected chi connectivity index (χ2v) is 7.80. The third kappa shape index (κ3) is 6.25. The summed E-state index contributed by atoms with van der Waals surface area (Å²) in [4.78, 5) is 48.9. The number of phenolic OH excluding ortho intramolecular Hbond substituents is 2. The van der Waals surface area contributed by atoms with E-state index in [0.29, 0.717) is 0 Å². The fourth-order valence-electron chi connectivity index (χ4n) is 2.83. The van der Waals surface area contributed by atoms with Crippen molar-refractivity contribution >= 4 is 35.5 Å². The van der Waals surface area contributed by atoms with E-state index >= 15 is 0 Å². The average molecular weight is 456 g/mol. The van der Waals surface area contributed by atoms with Crippen molar-refractivity contribution in [1.29, 1.82) is 0 Å². The Morgan fingerprint density at radius 2 is 2.03 bits per heavy atom. The molecule has 0 bridgehead atoms. The maximum Gasteiger partial charge on any atom is 0.339 e. The second kappa shape index (κ2) is 10.9. The van der Waals surface area contributed by atoms with Gasteiger partial charge in [0.15, 0.2) is 0 Å². The molecule has 0 saturated carbocycles. The summed E-state index contributed by atoms with van der Waals surface area (Å²) in [6.07, 6.45) is -0.0594. The van der Waals surface area contributed by atoms with Gasteiger partial charge in [0, 0.05) is 42.2 Å². The van der Waals surface area contributed by atoms with E-state index in [1.54, 1.807) is 0 Å². The zero-order valence-electron chi connectivity index (χ0n) is 17.0. The number of fused-ring (bicyclic) bond motifs is 1. The third-order valence-corrected chi connectivity index (χ3v) is 5.62. The number of carboxylic acids is 1. The molecule has 2 atom stereocenters. The Bertz CT molecular complexity index is 874. The summed E-state index contributed by atoms with van der Waals surface area (Å²) in [6, 6.07) is -1.55. The van der Waals surface area contributed by atoms with E-state index in [0.717, 1.165) is 17.8 Å². The van der Waals surface area contributed by atoms with Crippen LogP contribution in [0.3, 0.4) is 0 Å². The van der Waals surface area contributed by atoms with Gasteiger partial charge in [0.1, 0.15) is 30.2 Å². The molecular weight excluding hydrogens is 432 g/mol. The van der Waals surface area contributed by atoms with Crippen LogP contribution in [-0.4, -0.2) is 77.2 Å². The molecule has 0 fully saturated rings. The molecule has 1 aliphatic heterocycles. The van der Waals surface area contributed by atoms with E-state index in [1.807, 2.05) is 0 Å². The molecule has 0 spiro atoms. The highest BCUT2D eigenvalue weighted by Gasteiger charge is 2.30. The number of aliphatic carboxylic acids is 1. The molecule has 170 valence electrons. The molecule has 2 rings (SSSR count). The van der Waals surface area contributed by atoms with Gasteiger partial charge in [-0.25, -0.2) is 9.59 Å². The van der Waals surface area contributed by atoms with Gasteiger partial charge in [0.25, 0.3) is 0 Å². The molecule has 0 radical (unpaired) electrons. The number of amides is 2. The lowest BCUT2D eigenvalue weighted by molar-refractivity contribution is -0.141. The Morgan fingerprint density at radius 1 is 1.32 bits per heavy atom. The van der Waals surface area contributed by atoms with Crippen LogP contribution in [0.25, 0.3) is 0 Å². The van der Waals surface area contributed by atoms with Crippen LogP contribution in [0.1, 0.15) is 27.9 Å². The first-order valence-corrected chi connectivity index (χ1v) is 10.4. The van der Waals surface area contributed by atoms with E-state index in [9.17, 15) is 34.5 Å². The van der Waals surface area contributed by atoms with Crippen LogP contribution in [0.5, 0.6) is 11.5 Å². The summed E-state index contributed by atoms with van der Waals surface area (Å²) in [5.74, 6) is -4.28. The van der Waals surface area contributed by atoms with Crippen molar-refractivity contribution < 1.29 is 44.0 Å². The Balaban J connectivity index is 2.38. The van der Waals surface area contributed by atoms with Gasteiger partial charge >= 0.3 is 11.9 Å². The molecule has 12 heteroatoms. The minimum atomic E-state index is -1.35. The molecule has 0 aromatic heterocycles. The van der Waals surface area contributed by atoms with Gasteiger partial charge < -0.3 is 35.4 Å². The van der Waals surface area contributed by atoms with Gasteiger partial charge in [-0.2, -0.15) is 11.8 Å². The molecule has 0 aliphatic carbocycles. The highest BCUT2D eigenvalue weighted by molar-refractivity contribution is 7.98. The number of hydrogen-bond acceptors (Lipinski definition) is 9. The molecule has 0 unspecified atom stereocenters. The highest BCUT2D eigenvalue weighted by atomic mass is 32.2. The predicted octanol–water partition coefficient (Wildman–Crippen LogP) is -0.0995. The van der Waals surface area contributed by atoms with Crippen LogP contribution in [0.15, 0.2) is 6.07 Å². The van der Waals surface area contributed by atoms with Gasteiger partial charge in [0.2, 0.25) is 11.8 Å². The summed E-state index contributed by atoms with van der Waals surface area (Å²) in [7, 11) is 1.40. The summed E-state index contributed by atoms with van der Waals surface area (Å²) in [6.45, 7) is 0.972. The molecule has 1 aliphatic rings. The highest BCUT2D eigenvalue weighted by Crippen LogP contribution is 2.35. The molecular formula is C19H24N2O9S. The van der Waals surface area contributed by atoms with E-state index in [4.69, 9.17) is 9.47 Å². The average Bonchev–Trinajstić information content (AvgIpc) is 2.70. The lowest BCUT2D eigenvalue weighted by atomic mass is 10.0. The number of cyclic esters (lactones) is 1. The van der Waals surface area contributed by atoms with Crippen molar-refractivity contribution in [2.45, 2.75) is 31.2 Å². The van der Waals surface area contributed by atoms with E-state index in [1.165, 1.54) is 14.0 Å². The van der Waals surface area contributed by atoms with Gasteiger partial charge in [-0.3, -0.25) is 9.59 Å². The van der Waals surface area contributed by atoms with Crippen LogP contribution in [0, 0.1) is 6.92 Å². The number of esters is 1. The van der Waals surface area contributed by atoms with Gasteiger partial charge in [-0.15, -0.1) is 0 Å². The number of hydrogen-bond donors (Lipinski definition) is 5. The number of thioether (sulfide) groups is 1. The molecule has 2 amide bonds. The minimum Gasteiger partial charge on any atom is -0.508 e. The monoisotopic (exact) mass is 456 g/mol. The van der Waals surface area contributed by atoms with Crippen LogP contribution >= 0.6 is 11.8 Å². The molecule has 0 saturated heterocycles. The molecule has 1 aromatic carbocycles. The standard InChI is InChI=1S/C19H24N2O9S/c1-9-13(22)5-14(23)10-7-31-8-12(18(26)27)21-17(25)11(6-30-19(28)16(9)10)20-15(24)3-4-29-2/h5,11-12,22-23H,3-4,6-8H2,1-2H3,(H,20,24)(H,21,25)(H,26,27)/t11-,12-/m0/s1. The van der Waals surface area contributed by atoms with Crippen molar-refractivity contribution in [2.75, 3.05) is 26.1 Å². The number of methoxy groups -OCH3 is 1. The minimum absolute atomic E-state index is 0.0359. The van der Waals surface area contributed by atoms with Crippen LogP contribution < -0.4 is 10.6 Å². The Hall–Kier alpha value is -2.99. The first-order chi connectivity index (χ1) is 14.6. The normalized spacial score (nSPS) is 19.8. The number of ether oxygens (including phenoxy) is 2. The lowest BCUT2D eigenvalue weighted by Gasteiger charge is -2.23. The number of benzene rings is 1. The van der Waals surface area contributed by atoms with E-state index < -0.39 is 42.4 Å². The second-order valence-electron chi connectivity index (χ2n) is 6.77. The van der Waals surface area contributed by atoms with E-state index in [2.05, 4.69) is 10.6 Å². The van der Waals surface area contributed by atoms with Crippen molar-refractivity contribution in [3.8, 4) is 11.5 Å². The molecule has 1 heterocycles. The smallest absolute Gasteiger partial charge is 0.339 e. The summed E-state index contributed by atoms with van der Waals surface area (Å²) in [5, 5.41) is 34.3. The predicted molar refractivity (Wildman–Crippen MR) is 109 cm³/mol. The van der Waals surface area contributed by atoms with Crippen LogP contribution in [-0.2, 0) is 29.6 Å². The Labute approximate surface area is 182 Å². The van der Waals surface area contributed by atoms with Crippen LogP contribution in [0.2, 0.25) is 0 Å². The topological polar surface area (TPSA) is 171 Å². The summed E-state index contributed by atoms with van der Waals surface area (Å²) in [5.41, 5.74) is 0.250. The fourth-order valence-corrected chi connectivity index (χ4v) is 3.91. The molecule has 5 N–H and O–H groups in total. The zero-order valence-corrected chi connectivity index (χ0v) is 17.8. The summed E-state index contributed by atoms with van der Waals surface area (Å²) < 4.78 is 10.00. The zero-order chi connectivity index (χ0) is 23.1. The van der Waals surface area contributed by atoms with Crippen molar-refractivity contribution in [1.82, 2.24) is 10.6 Å². The number of nitrogens with one attached hydrogen (secondary N) is 2. The van der Waals surface area contributed by atoms with E-state index in [-0.39, 0.29) is 52.7 Å². The third-order valence-electron chi connectivity index (χ3n) is 4.56.